The van der Waals surface area contributed by atoms with Crippen LogP contribution < -0.4 is 5.73 Å². The molecular weight excluding hydrogens is 124 g/mol. The number of nitrogens with zero attached hydrogens (tertiary/aromatic N) is 1. The lowest BCUT2D eigenvalue weighted by Gasteiger charge is -2.20. The van der Waals surface area contributed by atoms with Gasteiger partial charge in [0.25, 0.3) is 0 Å². The molecule has 0 spiro atoms. The van der Waals surface area contributed by atoms with Crippen LogP contribution in [0.15, 0.2) is 0 Å². The molecule has 1 aliphatic rings. The third-order valence-electron chi connectivity index (χ3n) is 2.44. The Hall–Kier alpha value is -0.0800. The van der Waals surface area contributed by atoms with Gasteiger partial charge in [0.1, 0.15) is 0 Å². The van der Waals surface area contributed by atoms with E-state index in [4.69, 9.17) is 5.73 Å². The van der Waals surface area contributed by atoms with Crippen LogP contribution in [-0.2, 0) is 0 Å². The normalized spacial score (nSPS) is 35.1. The van der Waals surface area contributed by atoms with Crippen LogP contribution in [0, 0.1) is 5.92 Å². The van der Waals surface area contributed by atoms with E-state index in [9.17, 15) is 0 Å². The van der Waals surface area contributed by atoms with E-state index in [0.29, 0.717) is 0 Å². The zero-order chi connectivity index (χ0) is 7.56. The number of nitrogens with two attached hydrogens (primary N) is 1. The third kappa shape index (κ3) is 1.50. The van der Waals surface area contributed by atoms with Crippen molar-refractivity contribution in [3.63, 3.8) is 0 Å². The van der Waals surface area contributed by atoms with Crippen molar-refractivity contribution in [3.8, 4) is 0 Å². The first-order valence-electron chi connectivity index (χ1n) is 4.22. The summed E-state index contributed by atoms with van der Waals surface area (Å²) in [7, 11) is 0. The van der Waals surface area contributed by atoms with Gasteiger partial charge in [-0.25, -0.2) is 0 Å². The summed E-state index contributed by atoms with van der Waals surface area (Å²) < 4.78 is 0. The first kappa shape index (κ1) is 8.02. The Morgan fingerprint density at radius 3 is 2.70 bits per heavy atom. The van der Waals surface area contributed by atoms with Crippen LogP contribution in [0.5, 0.6) is 0 Å². The Labute approximate surface area is 63.4 Å². The minimum Gasteiger partial charge on any atom is -0.318 e. The fourth-order valence-corrected chi connectivity index (χ4v) is 1.89. The molecule has 2 atom stereocenters. The second-order valence-corrected chi connectivity index (χ2v) is 3.36. The molecule has 2 nitrogen and oxygen atoms in total. The number of hydrogen-bond acceptors (Lipinski definition) is 2. The monoisotopic (exact) mass is 142 g/mol. The van der Waals surface area contributed by atoms with Crippen molar-refractivity contribution in [2.45, 2.75) is 32.7 Å². The fraction of sp³-hybridized carbons (Fsp3) is 1.00. The SMILES string of the molecule is CC[C@@H]1C[C@@H](C)CN1CN. The molecule has 0 aromatic heterocycles. The summed E-state index contributed by atoms with van der Waals surface area (Å²) in [6.07, 6.45) is 2.59. The molecule has 1 heterocycles. The second-order valence-electron chi connectivity index (χ2n) is 3.36. The summed E-state index contributed by atoms with van der Waals surface area (Å²) in [6, 6.07) is 0.764. The molecule has 1 aliphatic heterocycles. The van der Waals surface area contributed by atoms with Crippen LogP contribution in [-0.4, -0.2) is 24.2 Å². The van der Waals surface area contributed by atoms with E-state index in [1.807, 2.05) is 0 Å². The molecule has 0 radical (unpaired) electrons. The molecule has 1 rings (SSSR count). The van der Waals surface area contributed by atoms with Crippen LogP contribution in [0.3, 0.4) is 0 Å². The second kappa shape index (κ2) is 3.35. The van der Waals surface area contributed by atoms with Gasteiger partial charge in [0.15, 0.2) is 0 Å². The van der Waals surface area contributed by atoms with E-state index < -0.39 is 0 Å². The van der Waals surface area contributed by atoms with Gasteiger partial charge in [-0.2, -0.15) is 0 Å². The molecule has 10 heavy (non-hydrogen) atoms. The van der Waals surface area contributed by atoms with Gasteiger partial charge < -0.3 is 5.73 Å². The third-order valence-corrected chi connectivity index (χ3v) is 2.44. The predicted molar refractivity (Wildman–Crippen MR) is 43.6 cm³/mol. The highest BCUT2D eigenvalue weighted by Crippen LogP contribution is 2.23. The average molecular weight is 142 g/mol. The summed E-state index contributed by atoms with van der Waals surface area (Å²) in [5.74, 6) is 0.855. The minimum absolute atomic E-state index is 0.739. The van der Waals surface area contributed by atoms with Gasteiger partial charge in [0, 0.05) is 19.3 Å². The standard InChI is InChI=1S/C8H18N2/c1-3-8-4-7(2)5-10(8)6-9/h7-8H,3-6,9H2,1-2H3/t7-,8-/m1/s1. The molecule has 2 heteroatoms. The molecule has 1 fully saturated rings. The smallest absolute Gasteiger partial charge is 0.0458 e. The van der Waals surface area contributed by atoms with E-state index in [1.165, 1.54) is 19.4 Å². The van der Waals surface area contributed by atoms with Crippen molar-refractivity contribution in [2.75, 3.05) is 13.2 Å². The van der Waals surface area contributed by atoms with Crippen molar-refractivity contribution in [3.05, 3.63) is 0 Å². The Kier molecular flexibility index (Phi) is 2.69. The first-order chi connectivity index (χ1) is 4.77. The number of likely N-dealkylation sites (tertiary alicyclic amines) is 1. The zero-order valence-corrected chi connectivity index (χ0v) is 7.01. The van der Waals surface area contributed by atoms with Crippen LogP contribution in [0.25, 0.3) is 0 Å². The van der Waals surface area contributed by atoms with Crippen LogP contribution >= 0.6 is 0 Å². The maximum absolute atomic E-state index is 5.59. The van der Waals surface area contributed by atoms with Gasteiger partial charge in [0.2, 0.25) is 0 Å². The lowest BCUT2D eigenvalue weighted by Crippen LogP contribution is -2.34. The quantitative estimate of drug-likeness (QED) is 0.624. The van der Waals surface area contributed by atoms with Crippen LogP contribution in [0.1, 0.15) is 26.7 Å². The molecule has 60 valence electrons. The first-order valence-corrected chi connectivity index (χ1v) is 4.22. The van der Waals surface area contributed by atoms with Crippen LogP contribution in [0.4, 0.5) is 0 Å². The van der Waals surface area contributed by atoms with Crippen molar-refractivity contribution in [2.24, 2.45) is 11.7 Å². The predicted octanol–water partition coefficient (Wildman–Crippen LogP) is 1.02. The largest absolute Gasteiger partial charge is 0.318 e. The highest BCUT2D eigenvalue weighted by atomic mass is 15.2. The van der Waals surface area contributed by atoms with Crippen molar-refractivity contribution in [1.82, 2.24) is 4.90 Å². The summed E-state index contributed by atoms with van der Waals surface area (Å²) >= 11 is 0. The topological polar surface area (TPSA) is 29.3 Å². The molecule has 0 saturated carbocycles. The molecule has 0 aromatic rings. The van der Waals surface area contributed by atoms with Gasteiger partial charge in [0.05, 0.1) is 0 Å². The van der Waals surface area contributed by atoms with Gasteiger partial charge in [-0.3, -0.25) is 4.90 Å². The van der Waals surface area contributed by atoms with Crippen LogP contribution in [0.2, 0.25) is 0 Å². The highest BCUT2D eigenvalue weighted by Gasteiger charge is 2.26. The lowest BCUT2D eigenvalue weighted by molar-refractivity contribution is 0.253. The molecule has 1 saturated heterocycles. The van der Waals surface area contributed by atoms with E-state index in [0.717, 1.165) is 18.6 Å². The summed E-state index contributed by atoms with van der Waals surface area (Å²) in [5.41, 5.74) is 5.59. The Morgan fingerprint density at radius 2 is 2.30 bits per heavy atom. The molecule has 0 aromatic carbocycles. The fourth-order valence-electron chi connectivity index (χ4n) is 1.89. The number of rotatable bonds is 2. The minimum atomic E-state index is 0.739. The van der Waals surface area contributed by atoms with Crippen molar-refractivity contribution in [1.29, 1.82) is 0 Å². The van der Waals surface area contributed by atoms with E-state index in [2.05, 4.69) is 18.7 Å². The lowest BCUT2D eigenvalue weighted by atomic mass is 10.1. The Morgan fingerprint density at radius 1 is 1.60 bits per heavy atom. The highest BCUT2D eigenvalue weighted by molar-refractivity contribution is 4.80. The molecule has 0 aliphatic carbocycles. The average Bonchev–Trinajstić information content (AvgIpc) is 2.30. The van der Waals surface area contributed by atoms with Gasteiger partial charge in [-0.1, -0.05) is 13.8 Å². The molecule has 0 amide bonds. The molecular formula is C8H18N2. The zero-order valence-electron chi connectivity index (χ0n) is 7.01. The van der Waals surface area contributed by atoms with Gasteiger partial charge in [-0.05, 0) is 18.8 Å². The molecule has 0 bridgehead atoms. The number of hydrogen-bond donors (Lipinski definition) is 1. The maximum Gasteiger partial charge on any atom is 0.0458 e. The van der Waals surface area contributed by atoms with Gasteiger partial charge >= 0.3 is 0 Å². The van der Waals surface area contributed by atoms with Crippen molar-refractivity contribution >= 4 is 0 Å². The van der Waals surface area contributed by atoms with E-state index in [1.54, 1.807) is 0 Å². The maximum atomic E-state index is 5.59. The van der Waals surface area contributed by atoms with Crippen molar-refractivity contribution < 1.29 is 0 Å². The summed E-state index contributed by atoms with van der Waals surface area (Å²) in [4.78, 5) is 2.38. The molecule has 2 N–H and O–H groups in total. The molecule has 0 unspecified atom stereocenters. The summed E-state index contributed by atoms with van der Waals surface area (Å²) in [6.45, 7) is 6.49. The Bertz CT molecular complexity index is 91.4. The Balaban J connectivity index is 2.41. The summed E-state index contributed by atoms with van der Waals surface area (Å²) in [5, 5.41) is 0. The van der Waals surface area contributed by atoms with E-state index in [-0.39, 0.29) is 0 Å². The van der Waals surface area contributed by atoms with Gasteiger partial charge in [-0.15, -0.1) is 0 Å². The van der Waals surface area contributed by atoms with E-state index >= 15 is 0 Å².